The third-order valence-electron chi connectivity index (χ3n) is 2.92. The highest BCUT2D eigenvalue weighted by molar-refractivity contribution is 7.99. The van der Waals surface area contributed by atoms with Crippen molar-refractivity contribution in [3.63, 3.8) is 0 Å². The quantitative estimate of drug-likeness (QED) is 0.857. The SMILES string of the molecule is CCn1cc(NC(=O)c2ccc(SC(F)F)cc2)ccc1=O. The molecule has 0 saturated carbocycles. The Balaban J connectivity index is 2.10. The Hall–Kier alpha value is -2.15. The van der Waals surface area contributed by atoms with E-state index in [2.05, 4.69) is 5.32 Å². The standard InChI is InChI=1S/C15H14F2N2O2S/c1-2-19-9-11(5-8-13(19)20)18-14(21)10-3-6-12(7-4-10)22-15(16)17/h3-9,15H,2H2,1H3,(H,18,21). The Morgan fingerprint density at radius 3 is 2.50 bits per heavy atom. The maximum absolute atomic E-state index is 12.2. The fourth-order valence-electron chi connectivity index (χ4n) is 1.84. The second kappa shape index (κ2) is 7.22. The number of carbonyl (C=O) groups is 1. The molecule has 0 aliphatic heterocycles. The number of nitrogens with zero attached hydrogens (tertiary/aromatic N) is 1. The van der Waals surface area contributed by atoms with Crippen LogP contribution in [0.25, 0.3) is 0 Å². The van der Waals surface area contributed by atoms with Gasteiger partial charge in [0, 0.05) is 29.3 Å². The van der Waals surface area contributed by atoms with E-state index in [0.717, 1.165) is 0 Å². The Labute approximate surface area is 130 Å². The fraction of sp³-hybridized carbons (Fsp3) is 0.200. The molecule has 0 fully saturated rings. The molecule has 1 aromatic heterocycles. The van der Waals surface area contributed by atoms with Crippen LogP contribution in [0.1, 0.15) is 17.3 Å². The van der Waals surface area contributed by atoms with Gasteiger partial charge in [-0.2, -0.15) is 8.78 Å². The van der Waals surface area contributed by atoms with E-state index in [9.17, 15) is 18.4 Å². The molecule has 22 heavy (non-hydrogen) atoms. The Morgan fingerprint density at radius 1 is 1.23 bits per heavy atom. The number of benzene rings is 1. The molecule has 1 N–H and O–H groups in total. The van der Waals surface area contributed by atoms with Crippen LogP contribution in [0.15, 0.2) is 52.3 Å². The number of aryl methyl sites for hydroxylation is 1. The predicted molar refractivity (Wildman–Crippen MR) is 82.6 cm³/mol. The lowest BCUT2D eigenvalue weighted by Crippen LogP contribution is -2.19. The lowest BCUT2D eigenvalue weighted by molar-refractivity contribution is 0.102. The molecule has 1 heterocycles. The van der Waals surface area contributed by atoms with Gasteiger partial charge in [-0.3, -0.25) is 9.59 Å². The fourth-order valence-corrected chi connectivity index (χ4v) is 2.34. The third-order valence-corrected chi connectivity index (χ3v) is 3.65. The summed E-state index contributed by atoms with van der Waals surface area (Å²) in [6.45, 7) is 2.33. The van der Waals surface area contributed by atoms with Crippen molar-refractivity contribution in [2.24, 2.45) is 0 Å². The molecule has 0 aliphatic carbocycles. The first kappa shape index (κ1) is 16.2. The zero-order valence-electron chi connectivity index (χ0n) is 11.8. The van der Waals surface area contributed by atoms with Crippen LogP contribution in [0.5, 0.6) is 0 Å². The van der Waals surface area contributed by atoms with E-state index in [0.29, 0.717) is 34.5 Å². The van der Waals surface area contributed by atoms with Crippen LogP contribution in [0.4, 0.5) is 14.5 Å². The van der Waals surface area contributed by atoms with E-state index in [1.54, 1.807) is 6.20 Å². The molecule has 2 rings (SSSR count). The number of halogens is 2. The second-order valence-electron chi connectivity index (χ2n) is 4.40. The van der Waals surface area contributed by atoms with E-state index in [-0.39, 0.29) is 11.5 Å². The normalized spacial score (nSPS) is 10.7. The highest BCUT2D eigenvalue weighted by Gasteiger charge is 2.09. The lowest BCUT2D eigenvalue weighted by atomic mass is 10.2. The zero-order valence-corrected chi connectivity index (χ0v) is 12.6. The topological polar surface area (TPSA) is 51.1 Å². The van der Waals surface area contributed by atoms with Crippen LogP contribution in [-0.4, -0.2) is 16.2 Å². The number of hydrogen-bond acceptors (Lipinski definition) is 3. The van der Waals surface area contributed by atoms with Gasteiger partial charge < -0.3 is 9.88 Å². The first-order valence-corrected chi connectivity index (χ1v) is 7.44. The molecule has 7 heteroatoms. The van der Waals surface area contributed by atoms with Crippen molar-refractivity contribution >= 4 is 23.4 Å². The Kier molecular flexibility index (Phi) is 5.32. The lowest BCUT2D eigenvalue weighted by Gasteiger charge is -2.08. The Bertz CT molecular complexity index is 714. The van der Waals surface area contributed by atoms with Gasteiger partial charge in [0.2, 0.25) is 0 Å². The van der Waals surface area contributed by atoms with Crippen LogP contribution in [0.3, 0.4) is 0 Å². The van der Waals surface area contributed by atoms with E-state index >= 15 is 0 Å². The van der Waals surface area contributed by atoms with Gasteiger partial charge in [0.25, 0.3) is 17.2 Å². The molecular weight excluding hydrogens is 310 g/mol. The van der Waals surface area contributed by atoms with E-state index in [1.165, 1.54) is 41.0 Å². The molecule has 4 nitrogen and oxygen atoms in total. The minimum Gasteiger partial charge on any atom is -0.321 e. The van der Waals surface area contributed by atoms with Gasteiger partial charge in [0.1, 0.15) is 0 Å². The molecule has 0 spiro atoms. The first-order valence-electron chi connectivity index (χ1n) is 6.56. The van der Waals surface area contributed by atoms with Crippen LogP contribution < -0.4 is 10.9 Å². The number of amides is 1. The summed E-state index contributed by atoms with van der Waals surface area (Å²) < 4.78 is 25.9. The second-order valence-corrected chi connectivity index (χ2v) is 5.46. The third kappa shape index (κ3) is 4.17. The van der Waals surface area contributed by atoms with Gasteiger partial charge in [0.15, 0.2) is 0 Å². The van der Waals surface area contributed by atoms with E-state index in [1.807, 2.05) is 6.92 Å². The molecule has 116 valence electrons. The van der Waals surface area contributed by atoms with Gasteiger partial charge in [-0.15, -0.1) is 0 Å². The Morgan fingerprint density at radius 2 is 1.91 bits per heavy atom. The number of rotatable bonds is 5. The number of hydrogen-bond donors (Lipinski definition) is 1. The smallest absolute Gasteiger partial charge is 0.288 e. The summed E-state index contributed by atoms with van der Waals surface area (Å²) in [5.41, 5.74) is 0.708. The van der Waals surface area contributed by atoms with Crippen molar-refractivity contribution in [2.45, 2.75) is 24.1 Å². The number of aromatic nitrogens is 1. The number of alkyl halides is 2. The van der Waals surface area contributed by atoms with E-state index in [4.69, 9.17) is 0 Å². The zero-order chi connectivity index (χ0) is 16.1. The van der Waals surface area contributed by atoms with Crippen molar-refractivity contribution in [1.29, 1.82) is 0 Å². The molecule has 0 saturated heterocycles. The molecule has 2 aromatic rings. The summed E-state index contributed by atoms with van der Waals surface area (Å²) in [5, 5.41) is 2.67. The summed E-state index contributed by atoms with van der Waals surface area (Å²) in [6.07, 6.45) is 1.56. The molecule has 1 amide bonds. The summed E-state index contributed by atoms with van der Waals surface area (Å²) in [4.78, 5) is 23.9. The van der Waals surface area contributed by atoms with Crippen LogP contribution in [0, 0.1) is 0 Å². The molecule has 0 bridgehead atoms. The number of pyridine rings is 1. The van der Waals surface area contributed by atoms with Crippen LogP contribution in [-0.2, 0) is 6.54 Å². The van der Waals surface area contributed by atoms with Crippen molar-refractivity contribution in [3.05, 3.63) is 58.5 Å². The molecular formula is C15H14F2N2O2S. The minimum absolute atomic E-state index is 0.145. The summed E-state index contributed by atoms with van der Waals surface area (Å²) in [5.74, 6) is -2.86. The number of thioether (sulfide) groups is 1. The average molecular weight is 324 g/mol. The van der Waals surface area contributed by atoms with Gasteiger partial charge in [-0.25, -0.2) is 0 Å². The number of nitrogens with one attached hydrogen (secondary N) is 1. The summed E-state index contributed by atoms with van der Waals surface area (Å²) >= 11 is 0.426. The van der Waals surface area contributed by atoms with Gasteiger partial charge in [-0.1, -0.05) is 11.8 Å². The molecule has 0 atom stereocenters. The molecule has 0 unspecified atom stereocenters. The summed E-state index contributed by atoms with van der Waals surface area (Å²) in [6, 6.07) is 8.80. The number of anilines is 1. The van der Waals surface area contributed by atoms with Crippen molar-refractivity contribution in [3.8, 4) is 0 Å². The van der Waals surface area contributed by atoms with Crippen LogP contribution >= 0.6 is 11.8 Å². The first-order chi connectivity index (χ1) is 10.5. The monoisotopic (exact) mass is 324 g/mol. The van der Waals surface area contributed by atoms with Gasteiger partial charge >= 0.3 is 0 Å². The van der Waals surface area contributed by atoms with E-state index < -0.39 is 5.76 Å². The maximum Gasteiger partial charge on any atom is 0.288 e. The highest BCUT2D eigenvalue weighted by atomic mass is 32.2. The summed E-state index contributed by atoms with van der Waals surface area (Å²) in [7, 11) is 0. The van der Waals surface area contributed by atoms with Gasteiger partial charge in [0.05, 0.1) is 5.69 Å². The van der Waals surface area contributed by atoms with Crippen molar-refractivity contribution < 1.29 is 13.6 Å². The maximum atomic E-state index is 12.2. The minimum atomic E-state index is -2.49. The van der Waals surface area contributed by atoms with Crippen LogP contribution in [0.2, 0.25) is 0 Å². The van der Waals surface area contributed by atoms with Gasteiger partial charge in [-0.05, 0) is 37.3 Å². The largest absolute Gasteiger partial charge is 0.321 e. The highest BCUT2D eigenvalue weighted by Crippen LogP contribution is 2.25. The average Bonchev–Trinajstić information content (AvgIpc) is 2.49. The van der Waals surface area contributed by atoms with Crippen molar-refractivity contribution in [2.75, 3.05) is 5.32 Å². The number of carbonyl (C=O) groups excluding carboxylic acids is 1. The van der Waals surface area contributed by atoms with Crippen molar-refractivity contribution in [1.82, 2.24) is 4.57 Å². The molecule has 0 aliphatic rings. The molecule has 1 aromatic carbocycles. The molecule has 0 radical (unpaired) electrons. The predicted octanol–water partition coefficient (Wildman–Crippen LogP) is 3.44.